The largest absolute Gasteiger partial charge is 0.328 e. The fourth-order valence-corrected chi connectivity index (χ4v) is 3.97. The van der Waals surface area contributed by atoms with E-state index in [0.29, 0.717) is 23.1 Å². The summed E-state index contributed by atoms with van der Waals surface area (Å²) >= 11 is 12.4. The minimum Gasteiger partial charge on any atom is -0.328 e. The Kier molecular flexibility index (Phi) is 6.36. The van der Waals surface area contributed by atoms with Crippen LogP contribution in [0.5, 0.6) is 0 Å². The molecule has 1 aromatic carbocycles. The molecule has 2 rings (SSSR count). The van der Waals surface area contributed by atoms with Crippen LogP contribution in [-0.2, 0) is 0 Å². The maximum Gasteiger partial charge on any atom is 0.0468 e. The van der Waals surface area contributed by atoms with E-state index in [9.17, 15) is 0 Å². The topological polar surface area (TPSA) is 29.3 Å². The summed E-state index contributed by atoms with van der Waals surface area (Å²) in [6, 6.07) is 7.16. The van der Waals surface area contributed by atoms with Gasteiger partial charge in [-0.3, -0.25) is 4.90 Å². The first kappa shape index (κ1) is 17.1. The lowest BCUT2D eigenvalue weighted by Gasteiger charge is -2.40. The molecule has 1 aliphatic carbocycles. The molecule has 0 heterocycles. The Morgan fingerprint density at radius 1 is 1.24 bits per heavy atom. The molecular weight excluding hydrogens is 303 g/mol. The Morgan fingerprint density at radius 2 is 1.90 bits per heavy atom. The number of hydrogen-bond donors (Lipinski definition) is 1. The molecule has 0 amide bonds. The number of rotatable bonds is 5. The van der Waals surface area contributed by atoms with Gasteiger partial charge < -0.3 is 5.73 Å². The Labute approximate surface area is 138 Å². The zero-order valence-electron chi connectivity index (χ0n) is 13.0. The second-order valence-corrected chi connectivity index (χ2v) is 6.99. The van der Waals surface area contributed by atoms with Gasteiger partial charge >= 0.3 is 0 Å². The highest BCUT2D eigenvalue weighted by molar-refractivity contribution is 6.35. The molecule has 0 aliphatic heterocycles. The molecule has 118 valence electrons. The molecule has 4 heteroatoms. The van der Waals surface area contributed by atoms with E-state index in [1.807, 2.05) is 12.1 Å². The molecule has 1 aromatic rings. The van der Waals surface area contributed by atoms with Crippen LogP contribution in [-0.4, -0.2) is 23.5 Å². The van der Waals surface area contributed by atoms with Gasteiger partial charge in [0.2, 0.25) is 0 Å². The van der Waals surface area contributed by atoms with Crippen molar-refractivity contribution >= 4 is 23.2 Å². The third-order valence-corrected chi connectivity index (χ3v) is 5.16. The Balaban J connectivity index is 2.16. The maximum atomic E-state index is 6.40. The molecule has 0 spiro atoms. The second-order valence-electron chi connectivity index (χ2n) is 6.15. The van der Waals surface area contributed by atoms with Gasteiger partial charge in [-0.2, -0.15) is 0 Å². The van der Waals surface area contributed by atoms with Crippen LogP contribution in [0.3, 0.4) is 0 Å². The fourth-order valence-electron chi connectivity index (χ4n) is 3.40. The van der Waals surface area contributed by atoms with Gasteiger partial charge in [-0.15, -0.1) is 0 Å². The van der Waals surface area contributed by atoms with Gasteiger partial charge in [0.05, 0.1) is 0 Å². The van der Waals surface area contributed by atoms with Gasteiger partial charge in [-0.1, -0.05) is 36.2 Å². The standard InChI is InChI=1S/C17H26Cl2N2/c1-3-10-21(15-7-5-14(20)6-8-15)12(2)16-9-4-13(18)11-17(16)19/h4,9,11-12,14-15H,3,5-8,10,20H2,1-2H3. The van der Waals surface area contributed by atoms with E-state index in [2.05, 4.69) is 24.8 Å². The molecule has 2 nitrogen and oxygen atoms in total. The zero-order chi connectivity index (χ0) is 15.4. The number of hydrogen-bond acceptors (Lipinski definition) is 2. The number of nitrogens with two attached hydrogens (primary N) is 1. The summed E-state index contributed by atoms with van der Waals surface area (Å²) < 4.78 is 0. The minimum absolute atomic E-state index is 0.314. The zero-order valence-corrected chi connectivity index (χ0v) is 14.5. The second kappa shape index (κ2) is 7.82. The summed E-state index contributed by atoms with van der Waals surface area (Å²) in [5, 5.41) is 1.46. The van der Waals surface area contributed by atoms with Crippen molar-refractivity contribution in [2.75, 3.05) is 6.54 Å². The van der Waals surface area contributed by atoms with E-state index in [-0.39, 0.29) is 0 Å². The van der Waals surface area contributed by atoms with Crippen molar-refractivity contribution in [1.82, 2.24) is 4.90 Å². The molecule has 1 aliphatic rings. The minimum atomic E-state index is 0.314. The van der Waals surface area contributed by atoms with Gasteiger partial charge in [0.15, 0.2) is 0 Å². The molecule has 1 saturated carbocycles. The summed E-state index contributed by atoms with van der Waals surface area (Å²) in [7, 11) is 0. The molecule has 0 saturated heterocycles. The monoisotopic (exact) mass is 328 g/mol. The highest BCUT2D eigenvalue weighted by Gasteiger charge is 2.28. The first-order chi connectivity index (χ1) is 10.0. The first-order valence-corrected chi connectivity index (χ1v) is 8.74. The number of halogens is 2. The molecule has 1 fully saturated rings. The van der Waals surface area contributed by atoms with Crippen molar-refractivity contribution in [3.8, 4) is 0 Å². The maximum absolute atomic E-state index is 6.40. The summed E-state index contributed by atoms with van der Waals surface area (Å²) in [5.41, 5.74) is 7.22. The molecule has 1 atom stereocenters. The highest BCUT2D eigenvalue weighted by atomic mass is 35.5. The van der Waals surface area contributed by atoms with Crippen LogP contribution < -0.4 is 5.73 Å². The van der Waals surface area contributed by atoms with Crippen LogP contribution in [0.15, 0.2) is 18.2 Å². The van der Waals surface area contributed by atoms with E-state index >= 15 is 0 Å². The molecular formula is C17H26Cl2N2. The predicted octanol–water partition coefficient (Wildman–Crippen LogP) is 5.04. The van der Waals surface area contributed by atoms with Crippen molar-refractivity contribution in [3.63, 3.8) is 0 Å². The lowest BCUT2D eigenvalue weighted by atomic mass is 9.89. The molecule has 0 bridgehead atoms. The Bertz CT molecular complexity index is 456. The van der Waals surface area contributed by atoms with E-state index in [1.54, 1.807) is 0 Å². The predicted molar refractivity (Wildman–Crippen MR) is 92.1 cm³/mol. The van der Waals surface area contributed by atoms with Crippen molar-refractivity contribution < 1.29 is 0 Å². The summed E-state index contributed by atoms with van der Waals surface area (Å²) in [6.45, 7) is 5.58. The summed E-state index contributed by atoms with van der Waals surface area (Å²) in [6.07, 6.45) is 5.80. The number of benzene rings is 1. The highest BCUT2D eigenvalue weighted by Crippen LogP contribution is 2.34. The van der Waals surface area contributed by atoms with Crippen LogP contribution in [0, 0.1) is 0 Å². The lowest BCUT2D eigenvalue weighted by Crippen LogP contribution is -2.42. The van der Waals surface area contributed by atoms with Gasteiger partial charge in [0.1, 0.15) is 0 Å². The fraction of sp³-hybridized carbons (Fsp3) is 0.647. The van der Waals surface area contributed by atoms with Gasteiger partial charge in [-0.25, -0.2) is 0 Å². The van der Waals surface area contributed by atoms with Crippen LogP contribution in [0.1, 0.15) is 57.6 Å². The van der Waals surface area contributed by atoms with E-state index < -0.39 is 0 Å². The first-order valence-electron chi connectivity index (χ1n) is 7.99. The van der Waals surface area contributed by atoms with E-state index in [1.165, 1.54) is 18.4 Å². The van der Waals surface area contributed by atoms with Gasteiger partial charge in [0.25, 0.3) is 0 Å². The van der Waals surface area contributed by atoms with Crippen LogP contribution in [0.25, 0.3) is 0 Å². The van der Waals surface area contributed by atoms with E-state index in [0.717, 1.165) is 30.8 Å². The molecule has 1 unspecified atom stereocenters. The third kappa shape index (κ3) is 4.35. The van der Waals surface area contributed by atoms with Crippen molar-refractivity contribution in [2.24, 2.45) is 5.73 Å². The lowest BCUT2D eigenvalue weighted by molar-refractivity contribution is 0.107. The van der Waals surface area contributed by atoms with E-state index in [4.69, 9.17) is 28.9 Å². The normalized spacial score (nSPS) is 24.3. The SMILES string of the molecule is CCCN(C1CCC(N)CC1)C(C)c1ccc(Cl)cc1Cl. The van der Waals surface area contributed by atoms with Crippen molar-refractivity contribution in [2.45, 2.75) is 64.1 Å². The summed E-state index contributed by atoms with van der Waals surface area (Å²) in [4.78, 5) is 2.60. The number of nitrogens with zero attached hydrogens (tertiary/aromatic N) is 1. The van der Waals surface area contributed by atoms with Crippen molar-refractivity contribution in [1.29, 1.82) is 0 Å². The summed E-state index contributed by atoms with van der Waals surface area (Å²) in [5.74, 6) is 0. The average Bonchev–Trinajstić information content (AvgIpc) is 2.45. The van der Waals surface area contributed by atoms with Crippen LogP contribution in [0.2, 0.25) is 10.0 Å². The molecule has 21 heavy (non-hydrogen) atoms. The third-order valence-electron chi connectivity index (χ3n) is 4.60. The molecule has 2 N–H and O–H groups in total. The van der Waals surface area contributed by atoms with Crippen LogP contribution in [0.4, 0.5) is 0 Å². The Hall–Kier alpha value is -0.280. The molecule has 0 aromatic heterocycles. The average molecular weight is 329 g/mol. The smallest absolute Gasteiger partial charge is 0.0468 e. The Morgan fingerprint density at radius 3 is 2.48 bits per heavy atom. The quantitative estimate of drug-likeness (QED) is 0.820. The van der Waals surface area contributed by atoms with Gasteiger partial charge in [0, 0.05) is 28.2 Å². The van der Waals surface area contributed by atoms with Crippen LogP contribution >= 0.6 is 23.2 Å². The van der Waals surface area contributed by atoms with Gasteiger partial charge in [-0.05, 0) is 63.3 Å². The molecule has 0 radical (unpaired) electrons. The van der Waals surface area contributed by atoms with Crippen molar-refractivity contribution in [3.05, 3.63) is 33.8 Å².